The Labute approximate surface area is 116 Å². The molecular formula is C14H16N2O2S. The molecule has 0 saturated carbocycles. The normalized spacial score (nSPS) is 10.4. The number of ether oxygens (including phenoxy) is 1. The van der Waals surface area contributed by atoms with Crippen LogP contribution in [0, 0.1) is 0 Å². The van der Waals surface area contributed by atoms with E-state index < -0.39 is 0 Å². The van der Waals surface area contributed by atoms with E-state index in [-0.39, 0.29) is 5.97 Å². The lowest BCUT2D eigenvalue weighted by Gasteiger charge is -1.99. The van der Waals surface area contributed by atoms with Gasteiger partial charge in [0.05, 0.1) is 24.2 Å². The number of aryl methyl sites for hydroxylation is 1. The van der Waals surface area contributed by atoms with E-state index in [2.05, 4.69) is 9.72 Å². The van der Waals surface area contributed by atoms with Crippen LogP contribution in [0.3, 0.4) is 0 Å². The molecule has 0 aliphatic heterocycles. The summed E-state index contributed by atoms with van der Waals surface area (Å²) in [6.07, 6.45) is 1.80. The summed E-state index contributed by atoms with van der Waals surface area (Å²) in [6.45, 7) is 0. The summed E-state index contributed by atoms with van der Waals surface area (Å²) in [5, 5.41) is 3.04. The van der Waals surface area contributed by atoms with Gasteiger partial charge in [-0.3, -0.25) is 4.79 Å². The van der Waals surface area contributed by atoms with Crippen molar-refractivity contribution in [1.29, 1.82) is 0 Å². The molecule has 19 heavy (non-hydrogen) atoms. The van der Waals surface area contributed by atoms with Gasteiger partial charge in [0.1, 0.15) is 0 Å². The van der Waals surface area contributed by atoms with Crippen LogP contribution in [0.2, 0.25) is 0 Å². The minimum atomic E-state index is -0.201. The Kier molecular flexibility index (Phi) is 4.52. The molecule has 0 saturated heterocycles. The van der Waals surface area contributed by atoms with E-state index in [1.807, 2.05) is 29.6 Å². The number of hydrogen-bond donors (Lipinski definition) is 1. The van der Waals surface area contributed by atoms with E-state index in [9.17, 15) is 4.79 Å². The van der Waals surface area contributed by atoms with E-state index >= 15 is 0 Å². The van der Waals surface area contributed by atoms with Crippen molar-refractivity contribution in [3.05, 3.63) is 45.9 Å². The topological polar surface area (TPSA) is 65.2 Å². The fourth-order valence-electron chi connectivity index (χ4n) is 1.69. The molecule has 0 amide bonds. The van der Waals surface area contributed by atoms with E-state index in [4.69, 9.17) is 5.73 Å². The van der Waals surface area contributed by atoms with Crippen LogP contribution in [-0.4, -0.2) is 18.1 Å². The molecule has 0 spiro atoms. The van der Waals surface area contributed by atoms with Gasteiger partial charge in [-0.1, -0.05) is 12.1 Å². The van der Waals surface area contributed by atoms with Gasteiger partial charge >= 0.3 is 5.97 Å². The molecule has 0 aliphatic carbocycles. The second-order valence-corrected chi connectivity index (χ2v) is 5.17. The molecule has 1 heterocycles. The number of nitrogen functional groups attached to an aromatic ring is 1. The van der Waals surface area contributed by atoms with E-state index in [1.54, 1.807) is 11.3 Å². The second-order valence-electron chi connectivity index (χ2n) is 4.23. The summed E-state index contributed by atoms with van der Waals surface area (Å²) < 4.78 is 4.61. The largest absolute Gasteiger partial charge is 0.469 e. The Morgan fingerprint density at radius 2 is 2.11 bits per heavy atom. The van der Waals surface area contributed by atoms with Crippen LogP contribution in [0.25, 0.3) is 0 Å². The standard InChI is InChI=1S/C14H16N2O2S/c1-18-14(17)7-6-12-9-19-13(16-12)8-10-2-4-11(15)5-3-10/h2-5,9H,6-8,15H2,1H3. The van der Waals surface area contributed by atoms with Gasteiger partial charge in [-0.25, -0.2) is 4.98 Å². The lowest BCUT2D eigenvalue weighted by molar-refractivity contribution is -0.140. The van der Waals surface area contributed by atoms with E-state index in [0.717, 1.165) is 22.8 Å². The number of rotatable bonds is 5. The van der Waals surface area contributed by atoms with E-state index in [0.29, 0.717) is 12.8 Å². The minimum absolute atomic E-state index is 0.201. The molecular weight excluding hydrogens is 260 g/mol. The maximum absolute atomic E-state index is 11.1. The highest BCUT2D eigenvalue weighted by Crippen LogP contribution is 2.16. The summed E-state index contributed by atoms with van der Waals surface area (Å²) in [4.78, 5) is 15.6. The Morgan fingerprint density at radius 1 is 1.37 bits per heavy atom. The third-order valence-corrected chi connectivity index (χ3v) is 3.64. The molecule has 1 aromatic heterocycles. The van der Waals surface area contributed by atoms with Gasteiger partial charge in [-0.2, -0.15) is 0 Å². The molecule has 0 radical (unpaired) electrons. The number of carbonyl (C=O) groups excluding carboxylic acids is 1. The lowest BCUT2D eigenvalue weighted by Crippen LogP contribution is -2.02. The first-order valence-electron chi connectivity index (χ1n) is 6.02. The zero-order chi connectivity index (χ0) is 13.7. The summed E-state index contributed by atoms with van der Waals surface area (Å²) in [5.41, 5.74) is 8.54. The molecule has 0 fully saturated rings. The zero-order valence-electron chi connectivity index (χ0n) is 10.8. The Balaban J connectivity index is 1.93. The number of anilines is 1. The molecule has 0 bridgehead atoms. The first-order valence-corrected chi connectivity index (χ1v) is 6.90. The molecule has 2 rings (SSSR count). The van der Waals surface area contributed by atoms with E-state index in [1.165, 1.54) is 12.7 Å². The average Bonchev–Trinajstić information content (AvgIpc) is 2.86. The van der Waals surface area contributed by atoms with Crippen molar-refractivity contribution in [2.24, 2.45) is 0 Å². The van der Waals surface area contributed by atoms with Crippen LogP contribution < -0.4 is 5.73 Å². The number of esters is 1. The van der Waals surface area contributed by atoms with Crippen LogP contribution in [0.4, 0.5) is 5.69 Å². The maximum Gasteiger partial charge on any atom is 0.305 e. The number of thiazole rings is 1. The quantitative estimate of drug-likeness (QED) is 0.673. The van der Waals surface area contributed by atoms with Crippen LogP contribution in [0.1, 0.15) is 22.7 Å². The highest BCUT2D eigenvalue weighted by Gasteiger charge is 2.06. The first-order chi connectivity index (χ1) is 9.17. The van der Waals surface area contributed by atoms with Crippen LogP contribution >= 0.6 is 11.3 Å². The molecule has 0 unspecified atom stereocenters. The summed E-state index contributed by atoms with van der Waals surface area (Å²) in [6, 6.07) is 7.79. The van der Waals surface area contributed by atoms with Gasteiger partial charge in [0.2, 0.25) is 0 Å². The van der Waals surface area contributed by atoms with Gasteiger partial charge in [-0.05, 0) is 17.7 Å². The monoisotopic (exact) mass is 276 g/mol. The predicted octanol–water partition coefficient (Wildman–Crippen LogP) is 2.42. The van der Waals surface area contributed by atoms with Crippen molar-refractivity contribution in [2.45, 2.75) is 19.3 Å². The summed E-state index contributed by atoms with van der Waals surface area (Å²) in [7, 11) is 1.40. The number of hydrogen-bond acceptors (Lipinski definition) is 5. The summed E-state index contributed by atoms with van der Waals surface area (Å²) >= 11 is 1.61. The van der Waals surface area contributed by atoms with Crippen molar-refractivity contribution in [2.75, 3.05) is 12.8 Å². The molecule has 2 N–H and O–H groups in total. The van der Waals surface area contributed by atoms with Gasteiger partial charge in [0.25, 0.3) is 0 Å². The third-order valence-electron chi connectivity index (χ3n) is 2.75. The highest BCUT2D eigenvalue weighted by molar-refractivity contribution is 7.09. The van der Waals surface area contributed by atoms with Gasteiger partial charge in [0.15, 0.2) is 0 Å². The van der Waals surface area contributed by atoms with Crippen LogP contribution in [0.5, 0.6) is 0 Å². The number of benzene rings is 1. The van der Waals surface area contributed by atoms with Crippen LogP contribution in [0.15, 0.2) is 29.6 Å². The van der Waals surface area contributed by atoms with Crippen molar-refractivity contribution in [3.63, 3.8) is 0 Å². The van der Waals surface area contributed by atoms with Gasteiger partial charge in [-0.15, -0.1) is 11.3 Å². The SMILES string of the molecule is COC(=O)CCc1csc(Cc2ccc(N)cc2)n1. The number of carbonyl (C=O) groups is 1. The smallest absolute Gasteiger partial charge is 0.305 e. The first kappa shape index (κ1) is 13.5. The number of nitrogens with two attached hydrogens (primary N) is 1. The lowest BCUT2D eigenvalue weighted by atomic mass is 10.1. The van der Waals surface area contributed by atoms with Crippen LogP contribution in [-0.2, 0) is 22.4 Å². The summed E-state index contributed by atoms with van der Waals surface area (Å²) in [5.74, 6) is -0.201. The van der Waals surface area contributed by atoms with Gasteiger partial charge < -0.3 is 10.5 Å². The Morgan fingerprint density at radius 3 is 2.79 bits per heavy atom. The average molecular weight is 276 g/mol. The molecule has 0 atom stereocenters. The van der Waals surface area contributed by atoms with Crippen molar-refractivity contribution < 1.29 is 9.53 Å². The molecule has 5 heteroatoms. The fraction of sp³-hybridized carbons (Fsp3) is 0.286. The molecule has 0 aliphatic rings. The number of aromatic nitrogens is 1. The number of nitrogens with zero attached hydrogens (tertiary/aromatic N) is 1. The van der Waals surface area contributed by atoms with Crippen molar-refractivity contribution in [1.82, 2.24) is 4.98 Å². The second kappa shape index (κ2) is 6.33. The van der Waals surface area contributed by atoms with Gasteiger partial charge in [0, 0.05) is 23.9 Å². The molecule has 100 valence electrons. The fourth-order valence-corrected chi connectivity index (χ4v) is 2.55. The molecule has 2 aromatic rings. The Bertz CT molecular complexity index is 549. The maximum atomic E-state index is 11.1. The number of methoxy groups -OCH3 is 1. The Hall–Kier alpha value is -1.88. The molecule has 1 aromatic carbocycles. The van der Waals surface area contributed by atoms with Crippen molar-refractivity contribution in [3.8, 4) is 0 Å². The molecule has 4 nitrogen and oxygen atoms in total. The minimum Gasteiger partial charge on any atom is -0.469 e. The highest BCUT2D eigenvalue weighted by atomic mass is 32.1. The van der Waals surface area contributed by atoms with Crippen molar-refractivity contribution >= 4 is 23.0 Å². The predicted molar refractivity (Wildman–Crippen MR) is 76.1 cm³/mol. The zero-order valence-corrected chi connectivity index (χ0v) is 11.6. The third kappa shape index (κ3) is 4.06.